The van der Waals surface area contributed by atoms with Crippen molar-refractivity contribution < 1.29 is 5.11 Å². The molecule has 2 heteroatoms. The van der Waals surface area contributed by atoms with E-state index in [2.05, 4.69) is 19.2 Å². The molecule has 1 atom stereocenters. The predicted octanol–water partition coefficient (Wildman–Crippen LogP) is 3.88. The summed E-state index contributed by atoms with van der Waals surface area (Å²) in [5, 5.41) is 14.0. The zero-order valence-electron chi connectivity index (χ0n) is 13.2. The van der Waals surface area contributed by atoms with Crippen LogP contribution in [0.3, 0.4) is 0 Å². The van der Waals surface area contributed by atoms with Gasteiger partial charge in [0.05, 0.1) is 5.60 Å². The Hall–Kier alpha value is -0.0800. The second-order valence-corrected chi connectivity index (χ2v) is 7.96. The second kappa shape index (κ2) is 6.13. The van der Waals surface area contributed by atoms with Crippen LogP contribution in [-0.2, 0) is 0 Å². The van der Waals surface area contributed by atoms with Crippen molar-refractivity contribution >= 4 is 0 Å². The van der Waals surface area contributed by atoms with Crippen LogP contribution in [0.25, 0.3) is 0 Å². The van der Waals surface area contributed by atoms with Crippen LogP contribution in [0.4, 0.5) is 0 Å². The summed E-state index contributed by atoms with van der Waals surface area (Å²) in [5.41, 5.74) is 0.176. The molecule has 2 nitrogen and oxygen atoms in total. The normalized spacial score (nSPS) is 27.0. The van der Waals surface area contributed by atoms with Crippen LogP contribution >= 0.6 is 0 Å². The van der Waals surface area contributed by atoms with Crippen LogP contribution in [0.5, 0.6) is 0 Å². The second-order valence-electron chi connectivity index (χ2n) is 7.96. The van der Waals surface area contributed by atoms with Gasteiger partial charge in [0.25, 0.3) is 0 Å². The van der Waals surface area contributed by atoms with Crippen LogP contribution in [0.1, 0.15) is 78.6 Å². The van der Waals surface area contributed by atoms with Crippen molar-refractivity contribution in [2.24, 2.45) is 11.3 Å². The monoisotopic (exact) mass is 267 g/mol. The van der Waals surface area contributed by atoms with E-state index in [0.717, 1.165) is 18.4 Å². The van der Waals surface area contributed by atoms with E-state index in [0.29, 0.717) is 12.0 Å². The van der Waals surface area contributed by atoms with Crippen LogP contribution < -0.4 is 5.32 Å². The molecule has 0 amide bonds. The maximum Gasteiger partial charge on any atom is 0.0746 e. The standard InChI is InChI=1S/C17H33NO/c1-14(2)12-16(3,19)13-18-15-6-10-17(11-7-15)8-4-5-9-17/h14-15,18-19H,4-13H2,1-3H3. The molecule has 2 N–H and O–H groups in total. The molecule has 2 saturated carbocycles. The Balaban J connectivity index is 1.71. The first-order chi connectivity index (χ1) is 8.91. The largest absolute Gasteiger partial charge is 0.389 e. The van der Waals surface area contributed by atoms with Gasteiger partial charge in [-0.15, -0.1) is 0 Å². The van der Waals surface area contributed by atoms with Gasteiger partial charge in [0.15, 0.2) is 0 Å². The summed E-state index contributed by atoms with van der Waals surface area (Å²) in [6.45, 7) is 7.09. The van der Waals surface area contributed by atoms with Gasteiger partial charge >= 0.3 is 0 Å². The lowest BCUT2D eigenvalue weighted by Gasteiger charge is -2.38. The third kappa shape index (κ3) is 4.46. The number of rotatable bonds is 5. The maximum absolute atomic E-state index is 10.4. The van der Waals surface area contributed by atoms with E-state index in [4.69, 9.17) is 0 Å². The summed E-state index contributed by atoms with van der Waals surface area (Å²) in [6.07, 6.45) is 12.2. The predicted molar refractivity (Wildman–Crippen MR) is 81.2 cm³/mol. The Kier molecular flexibility index (Phi) is 4.94. The highest BCUT2D eigenvalue weighted by atomic mass is 16.3. The zero-order valence-corrected chi connectivity index (χ0v) is 13.2. The van der Waals surface area contributed by atoms with Gasteiger partial charge in [0, 0.05) is 12.6 Å². The van der Waals surface area contributed by atoms with Gasteiger partial charge < -0.3 is 10.4 Å². The van der Waals surface area contributed by atoms with E-state index in [1.807, 2.05) is 6.92 Å². The molecule has 1 unspecified atom stereocenters. The molecule has 0 aromatic rings. The summed E-state index contributed by atoms with van der Waals surface area (Å²) in [6, 6.07) is 0.643. The van der Waals surface area contributed by atoms with Crippen molar-refractivity contribution in [2.45, 2.75) is 90.2 Å². The van der Waals surface area contributed by atoms with Gasteiger partial charge in [-0.1, -0.05) is 26.7 Å². The fourth-order valence-corrected chi connectivity index (χ4v) is 4.38. The van der Waals surface area contributed by atoms with Gasteiger partial charge in [0.2, 0.25) is 0 Å². The summed E-state index contributed by atoms with van der Waals surface area (Å²) < 4.78 is 0. The van der Waals surface area contributed by atoms with Crippen molar-refractivity contribution in [2.75, 3.05) is 6.54 Å². The molecule has 0 radical (unpaired) electrons. The van der Waals surface area contributed by atoms with E-state index < -0.39 is 5.60 Å². The third-order valence-corrected chi connectivity index (χ3v) is 5.33. The lowest BCUT2D eigenvalue weighted by atomic mass is 9.71. The SMILES string of the molecule is CC(C)CC(C)(O)CNC1CCC2(CCCC2)CC1. The van der Waals surface area contributed by atoms with E-state index in [1.165, 1.54) is 51.4 Å². The van der Waals surface area contributed by atoms with Crippen molar-refractivity contribution in [3.8, 4) is 0 Å². The molecular weight excluding hydrogens is 234 g/mol. The molecule has 2 rings (SSSR count). The first-order valence-corrected chi connectivity index (χ1v) is 8.37. The summed E-state index contributed by atoms with van der Waals surface area (Å²) in [4.78, 5) is 0. The van der Waals surface area contributed by atoms with Crippen molar-refractivity contribution in [1.82, 2.24) is 5.32 Å². The molecule has 0 bridgehead atoms. The topological polar surface area (TPSA) is 32.3 Å². The Morgan fingerprint density at radius 1 is 1.16 bits per heavy atom. The molecule has 0 saturated heterocycles. The molecular formula is C17H33NO. The number of nitrogens with one attached hydrogen (secondary N) is 1. The molecule has 112 valence electrons. The molecule has 2 aliphatic carbocycles. The zero-order chi connectivity index (χ0) is 13.9. The lowest BCUT2D eigenvalue weighted by Crippen LogP contribution is -2.45. The minimum atomic E-state index is -0.545. The molecule has 2 aliphatic rings. The number of hydrogen-bond donors (Lipinski definition) is 2. The summed E-state index contributed by atoms with van der Waals surface area (Å²) >= 11 is 0. The highest BCUT2D eigenvalue weighted by Crippen LogP contribution is 2.48. The number of aliphatic hydroxyl groups is 1. The fraction of sp³-hybridized carbons (Fsp3) is 1.00. The smallest absolute Gasteiger partial charge is 0.0746 e. The molecule has 2 fully saturated rings. The molecule has 0 aromatic heterocycles. The summed E-state index contributed by atoms with van der Waals surface area (Å²) in [5.74, 6) is 0.560. The third-order valence-electron chi connectivity index (χ3n) is 5.33. The van der Waals surface area contributed by atoms with Gasteiger partial charge in [-0.2, -0.15) is 0 Å². The Bertz CT molecular complexity index is 269. The number of hydrogen-bond acceptors (Lipinski definition) is 2. The molecule has 0 aliphatic heterocycles. The van der Waals surface area contributed by atoms with Crippen LogP contribution in [-0.4, -0.2) is 23.3 Å². The van der Waals surface area contributed by atoms with Gasteiger partial charge in [-0.3, -0.25) is 0 Å². The van der Waals surface area contributed by atoms with Crippen molar-refractivity contribution in [3.05, 3.63) is 0 Å². The maximum atomic E-state index is 10.4. The Morgan fingerprint density at radius 2 is 1.74 bits per heavy atom. The summed E-state index contributed by atoms with van der Waals surface area (Å²) in [7, 11) is 0. The van der Waals surface area contributed by atoms with Gasteiger partial charge in [-0.25, -0.2) is 0 Å². The van der Waals surface area contributed by atoms with E-state index in [9.17, 15) is 5.11 Å². The van der Waals surface area contributed by atoms with Crippen LogP contribution in [0.2, 0.25) is 0 Å². The van der Waals surface area contributed by atoms with E-state index in [1.54, 1.807) is 0 Å². The highest BCUT2D eigenvalue weighted by Gasteiger charge is 2.37. The van der Waals surface area contributed by atoms with Crippen molar-refractivity contribution in [3.63, 3.8) is 0 Å². The molecule has 19 heavy (non-hydrogen) atoms. The highest BCUT2D eigenvalue weighted by molar-refractivity contribution is 4.92. The molecule has 1 spiro atoms. The van der Waals surface area contributed by atoms with Gasteiger partial charge in [0.1, 0.15) is 0 Å². The molecule has 0 aromatic carbocycles. The molecule has 0 heterocycles. The average Bonchev–Trinajstić information content (AvgIpc) is 2.76. The first-order valence-electron chi connectivity index (χ1n) is 8.37. The Morgan fingerprint density at radius 3 is 2.26 bits per heavy atom. The van der Waals surface area contributed by atoms with E-state index >= 15 is 0 Å². The quantitative estimate of drug-likeness (QED) is 0.792. The van der Waals surface area contributed by atoms with Crippen LogP contribution in [0, 0.1) is 11.3 Å². The van der Waals surface area contributed by atoms with Gasteiger partial charge in [-0.05, 0) is 63.2 Å². The minimum absolute atomic E-state index is 0.545. The first kappa shape index (κ1) is 15.3. The van der Waals surface area contributed by atoms with E-state index in [-0.39, 0.29) is 0 Å². The van der Waals surface area contributed by atoms with Crippen molar-refractivity contribution in [1.29, 1.82) is 0 Å². The minimum Gasteiger partial charge on any atom is -0.389 e. The fourth-order valence-electron chi connectivity index (χ4n) is 4.38. The Labute approximate surface area is 119 Å². The average molecular weight is 267 g/mol. The lowest BCUT2D eigenvalue weighted by molar-refractivity contribution is 0.0322. The van der Waals surface area contributed by atoms with Crippen LogP contribution in [0.15, 0.2) is 0 Å².